The van der Waals surface area contributed by atoms with Gasteiger partial charge in [0.05, 0.1) is 11.7 Å². The van der Waals surface area contributed by atoms with Crippen molar-refractivity contribution in [1.82, 2.24) is 5.32 Å². The van der Waals surface area contributed by atoms with Crippen molar-refractivity contribution in [3.8, 4) is 5.75 Å². The van der Waals surface area contributed by atoms with E-state index in [1.54, 1.807) is 35.6 Å². The fourth-order valence-electron chi connectivity index (χ4n) is 2.76. The van der Waals surface area contributed by atoms with Crippen LogP contribution in [0.5, 0.6) is 5.75 Å². The smallest absolute Gasteiger partial charge is 0.258 e. The second-order valence-electron chi connectivity index (χ2n) is 6.39. The lowest BCUT2D eigenvalue weighted by Gasteiger charge is -2.19. The Balaban J connectivity index is 1.70. The molecule has 0 unspecified atom stereocenters. The molecule has 1 heterocycles. The molecule has 0 radical (unpaired) electrons. The largest absolute Gasteiger partial charge is 0.482 e. The number of thiophene rings is 1. The second kappa shape index (κ2) is 9.19. The minimum Gasteiger partial charge on any atom is -0.482 e. The van der Waals surface area contributed by atoms with E-state index in [0.717, 1.165) is 16.0 Å². The highest BCUT2D eigenvalue weighted by Gasteiger charge is 2.18. The van der Waals surface area contributed by atoms with Gasteiger partial charge >= 0.3 is 0 Å². The van der Waals surface area contributed by atoms with Gasteiger partial charge in [0.1, 0.15) is 5.75 Å². The Hall–Kier alpha value is -3.12. The van der Waals surface area contributed by atoms with Gasteiger partial charge in [0.2, 0.25) is 5.91 Å². The molecule has 144 valence electrons. The molecule has 0 aliphatic rings. The first kappa shape index (κ1) is 19.6. The van der Waals surface area contributed by atoms with Crippen LogP contribution in [0.25, 0.3) is 0 Å². The molecule has 6 heteroatoms. The maximum absolute atomic E-state index is 12.6. The van der Waals surface area contributed by atoms with Gasteiger partial charge in [-0.3, -0.25) is 9.59 Å². The monoisotopic (exact) mass is 394 g/mol. The fraction of sp³-hybridized carbons (Fsp3) is 0.182. The number of carbonyl (C=O) groups excluding carboxylic acids is 2. The van der Waals surface area contributed by atoms with Crippen LogP contribution in [0, 0.1) is 6.92 Å². The van der Waals surface area contributed by atoms with Gasteiger partial charge in [-0.15, -0.1) is 11.3 Å². The third kappa shape index (κ3) is 5.20. The summed E-state index contributed by atoms with van der Waals surface area (Å²) in [6.07, 6.45) is 0. The van der Waals surface area contributed by atoms with Crippen molar-refractivity contribution < 1.29 is 14.3 Å². The van der Waals surface area contributed by atoms with Crippen LogP contribution in [0.1, 0.15) is 29.0 Å². The maximum Gasteiger partial charge on any atom is 0.258 e. The quantitative estimate of drug-likeness (QED) is 0.628. The number of hydrogen-bond acceptors (Lipinski definition) is 4. The molecule has 28 heavy (non-hydrogen) atoms. The lowest BCUT2D eigenvalue weighted by molar-refractivity contribution is -0.123. The van der Waals surface area contributed by atoms with E-state index in [9.17, 15) is 9.59 Å². The van der Waals surface area contributed by atoms with Gasteiger partial charge in [0, 0.05) is 11.8 Å². The van der Waals surface area contributed by atoms with Gasteiger partial charge in [-0.2, -0.15) is 0 Å². The zero-order valence-corrected chi connectivity index (χ0v) is 16.6. The van der Waals surface area contributed by atoms with Gasteiger partial charge in [0.15, 0.2) is 6.61 Å². The van der Waals surface area contributed by atoms with Crippen molar-refractivity contribution in [3.63, 3.8) is 0 Å². The molecule has 5 nitrogen and oxygen atoms in total. The summed E-state index contributed by atoms with van der Waals surface area (Å²) in [5.74, 6) is 0.0186. The van der Waals surface area contributed by atoms with Crippen molar-refractivity contribution in [3.05, 3.63) is 82.0 Å². The van der Waals surface area contributed by atoms with E-state index in [1.165, 1.54) is 6.92 Å². The van der Waals surface area contributed by atoms with E-state index in [1.807, 2.05) is 48.7 Å². The zero-order valence-electron chi connectivity index (χ0n) is 15.8. The highest BCUT2D eigenvalue weighted by Crippen LogP contribution is 2.27. The molecule has 1 atom stereocenters. The van der Waals surface area contributed by atoms with E-state index in [4.69, 9.17) is 4.74 Å². The zero-order chi connectivity index (χ0) is 19.9. The molecule has 0 aliphatic carbocycles. The number of para-hydroxylation sites is 2. The molecule has 0 spiro atoms. The lowest BCUT2D eigenvalue weighted by Crippen LogP contribution is -2.33. The molecule has 0 saturated heterocycles. The summed E-state index contributed by atoms with van der Waals surface area (Å²) < 4.78 is 5.65. The molecule has 3 rings (SSSR count). The number of aryl methyl sites for hydroxylation is 1. The molecule has 2 aromatic carbocycles. The molecule has 0 bridgehead atoms. The number of hydrogen-bond donors (Lipinski definition) is 2. The van der Waals surface area contributed by atoms with Gasteiger partial charge in [-0.05, 0) is 36.1 Å². The summed E-state index contributed by atoms with van der Waals surface area (Å²) >= 11 is 1.59. The van der Waals surface area contributed by atoms with E-state index in [-0.39, 0.29) is 24.5 Å². The molecule has 0 saturated carbocycles. The Morgan fingerprint density at radius 1 is 1.04 bits per heavy atom. The van der Waals surface area contributed by atoms with Crippen molar-refractivity contribution in [2.24, 2.45) is 0 Å². The Morgan fingerprint density at radius 2 is 1.79 bits per heavy atom. The molecular weight excluding hydrogens is 372 g/mol. The van der Waals surface area contributed by atoms with Gasteiger partial charge in [-0.25, -0.2) is 0 Å². The number of carbonyl (C=O) groups is 2. The standard InChI is InChI=1S/C22H22N2O3S/c1-15-9-11-17(12-10-15)22(20-8-5-13-28-20)24-21(26)14-27-19-7-4-3-6-18(19)23-16(2)25/h3-13,22H,14H2,1-2H3,(H,23,25)(H,24,26)/t22-/m0/s1. The number of benzene rings is 2. The molecule has 2 amide bonds. The summed E-state index contributed by atoms with van der Waals surface area (Å²) in [5.41, 5.74) is 2.72. The lowest BCUT2D eigenvalue weighted by atomic mass is 10.0. The number of amides is 2. The Labute approximate surface area is 168 Å². The minimum absolute atomic E-state index is 0.148. The molecule has 1 aromatic heterocycles. The van der Waals surface area contributed by atoms with Crippen LogP contribution in [0.3, 0.4) is 0 Å². The average Bonchev–Trinajstić information content (AvgIpc) is 3.20. The number of nitrogens with one attached hydrogen (secondary N) is 2. The van der Waals surface area contributed by atoms with Crippen LogP contribution < -0.4 is 15.4 Å². The highest BCUT2D eigenvalue weighted by molar-refractivity contribution is 7.10. The topological polar surface area (TPSA) is 67.4 Å². The molecule has 2 N–H and O–H groups in total. The Bertz CT molecular complexity index is 937. The van der Waals surface area contributed by atoms with Gasteiger partial charge in [0.25, 0.3) is 5.91 Å². The van der Waals surface area contributed by atoms with Crippen LogP contribution in [0.2, 0.25) is 0 Å². The van der Waals surface area contributed by atoms with E-state index >= 15 is 0 Å². The van der Waals surface area contributed by atoms with Crippen LogP contribution in [-0.2, 0) is 9.59 Å². The number of rotatable bonds is 7. The third-order valence-corrected chi connectivity index (χ3v) is 5.04. The number of anilines is 1. The fourth-order valence-corrected chi connectivity index (χ4v) is 3.57. The predicted octanol–water partition coefficient (Wildman–Crippen LogP) is 4.30. The molecule has 0 aliphatic heterocycles. The second-order valence-corrected chi connectivity index (χ2v) is 7.37. The summed E-state index contributed by atoms with van der Waals surface area (Å²) in [7, 11) is 0. The first-order valence-corrected chi connectivity index (χ1v) is 9.79. The summed E-state index contributed by atoms with van der Waals surface area (Å²) in [4.78, 5) is 24.9. The summed E-state index contributed by atoms with van der Waals surface area (Å²) in [6.45, 7) is 3.31. The molecule has 3 aromatic rings. The van der Waals surface area contributed by atoms with Crippen LogP contribution in [-0.4, -0.2) is 18.4 Å². The Morgan fingerprint density at radius 3 is 2.46 bits per heavy atom. The maximum atomic E-state index is 12.6. The highest BCUT2D eigenvalue weighted by atomic mass is 32.1. The molecular formula is C22H22N2O3S. The first-order valence-electron chi connectivity index (χ1n) is 8.91. The number of ether oxygens (including phenoxy) is 1. The summed E-state index contributed by atoms with van der Waals surface area (Å²) in [5, 5.41) is 7.73. The van der Waals surface area contributed by atoms with E-state index < -0.39 is 0 Å². The first-order chi connectivity index (χ1) is 13.5. The van der Waals surface area contributed by atoms with Crippen molar-refractivity contribution >= 4 is 28.8 Å². The molecule has 0 fully saturated rings. The van der Waals surface area contributed by atoms with Crippen molar-refractivity contribution in [2.75, 3.05) is 11.9 Å². The SMILES string of the molecule is CC(=O)Nc1ccccc1OCC(=O)N[C@@H](c1ccc(C)cc1)c1cccs1. The van der Waals surface area contributed by atoms with Gasteiger partial charge in [-0.1, -0.05) is 48.0 Å². The Kier molecular flexibility index (Phi) is 6.45. The van der Waals surface area contributed by atoms with Crippen LogP contribution in [0.4, 0.5) is 5.69 Å². The van der Waals surface area contributed by atoms with Crippen molar-refractivity contribution in [2.45, 2.75) is 19.9 Å². The van der Waals surface area contributed by atoms with Crippen LogP contribution in [0.15, 0.2) is 66.0 Å². The van der Waals surface area contributed by atoms with Gasteiger partial charge < -0.3 is 15.4 Å². The van der Waals surface area contributed by atoms with E-state index in [0.29, 0.717) is 11.4 Å². The van der Waals surface area contributed by atoms with E-state index in [2.05, 4.69) is 10.6 Å². The normalized spacial score (nSPS) is 11.5. The van der Waals surface area contributed by atoms with Crippen molar-refractivity contribution in [1.29, 1.82) is 0 Å². The minimum atomic E-state index is -0.239. The predicted molar refractivity (Wildman–Crippen MR) is 112 cm³/mol. The summed E-state index contributed by atoms with van der Waals surface area (Å²) in [6, 6.07) is 18.9. The third-order valence-electron chi connectivity index (χ3n) is 4.10. The average molecular weight is 394 g/mol. The van der Waals surface area contributed by atoms with Crippen LogP contribution >= 0.6 is 11.3 Å².